The number of benzene rings is 1. The summed E-state index contributed by atoms with van der Waals surface area (Å²) in [5.74, 6) is 2.21. The number of para-hydroxylation sites is 1. The average molecular weight is 276 g/mol. The maximum absolute atomic E-state index is 5.91. The number of hydrogen-bond acceptors (Lipinski definition) is 3. The summed E-state index contributed by atoms with van der Waals surface area (Å²) < 4.78 is 5.91. The molecule has 2 unspecified atom stereocenters. The Morgan fingerprint density at radius 2 is 2.32 bits per heavy atom. The molecule has 102 valence electrons. The van der Waals surface area contributed by atoms with Gasteiger partial charge in [0.1, 0.15) is 11.9 Å². The lowest BCUT2D eigenvalue weighted by Crippen LogP contribution is -2.37. The second-order valence-corrected chi connectivity index (χ2v) is 6.17. The highest BCUT2D eigenvalue weighted by molar-refractivity contribution is 8.13. The predicted octanol–water partition coefficient (Wildman–Crippen LogP) is 2.85. The van der Waals surface area contributed by atoms with Crippen molar-refractivity contribution in [3.63, 3.8) is 0 Å². The van der Waals surface area contributed by atoms with E-state index in [1.165, 1.54) is 24.2 Å². The van der Waals surface area contributed by atoms with E-state index in [2.05, 4.69) is 29.4 Å². The summed E-state index contributed by atoms with van der Waals surface area (Å²) >= 11 is 1.83. The van der Waals surface area contributed by atoms with E-state index >= 15 is 0 Å². The van der Waals surface area contributed by atoms with Gasteiger partial charge in [-0.3, -0.25) is 4.99 Å². The zero-order valence-corrected chi connectivity index (χ0v) is 12.1. The first-order valence-corrected chi connectivity index (χ1v) is 8.02. The molecule has 0 bridgehead atoms. The number of fused-ring (bicyclic) bond motifs is 1. The van der Waals surface area contributed by atoms with Crippen LogP contribution in [-0.2, 0) is 6.42 Å². The quantitative estimate of drug-likeness (QED) is 0.921. The first-order chi connectivity index (χ1) is 9.35. The van der Waals surface area contributed by atoms with Gasteiger partial charge in [0.25, 0.3) is 0 Å². The number of thioether (sulfide) groups is 1. The number of nitrogens with one attached hydrogen (secondary N) is 1. The third-order valence-electron chi connectivity index (χ3n) is 3.68. The highest BCUT2D eigenvalue weighted by Gasteiger charge is 2.22. The van der Waals surface area contributed by atoms with Gasteiger partial charge in [-0.1, -0.05) is 36.9 Å². The molecule has 1 saturated heterocycles. The molecule has 2 aliphatic heterocycles. The summed E-state index contributed by atoms with van der Waals surface area (Å²) in [6.07, 6.45) is 3.60. The first-order valence-electron chi connectivity index (χ1n) is 7.03. The van der Waals surface area contributed by atoms with Crippen LogP contribution in [0, 0.1) is 0 Å². The fourth-order valence-electron chi connectivity index (χ4n) is 2.52. The van der Waals surface area contributed by atoms with Crippen LogP contribution in [0.15, 0.2) is 29.3 Å². The standard InChI is InChI=1S/C15H20N2OS/c1-2-12-7-8-19-15(17-12)16-10-13-9-11-5-3-4-6-14(11)18-13/h3-6,12-13H,2,7-10H2,1H3,(H,16,17). The molecular formula is C15H20N2OS. The van der Waals surface area contributed by atoms with Gasteiger partial charge in [-0.05, 0) is 24.5 Å². The number of ether oxygens (including phenoxy) is 1. The highest BCUT2D eigenvalue weighted by Crippen LogP contribution is 2.28. The molecule has 1 fully saturated rings. The van der Waals surface area contributed by atoms with Gasteiger partial charge in [-0.2, -0.15) is 0 Å². The van der Waals surface area contributed by atoms with Crippen molar-refractivity contribution in [2.75, 3.05) is 12.3 Å². The van der Waals surface area contributed by atoms with E-state index in [4.69, 9.17) is 4.74 Å². The Morgan fingerprint density at radius 1 is 1.42 bits per heavy atom. The molecule has 4 heteroatoms. The number of amidine groups is 1. The van der Waals surface area contributed by atoms with Crippen LogP contribution < -0.4 is 10.1 Å². The fraction of sp³-hybridized carbons (Fsp3) is 0.533. The van der Waals surface area contributed by atoms with Crippen molar-refractivity contribution < 1.29 is 4.74 Å². The van der Waals surface area contributed by atoms with E-state index in [-0.39, 0.29) is 6.10 Å². The van der Waals surface area contributed by atoms with Gasteiger partial charge >= 0.3 is 0 Å². The molecule has 0 amide bonds. The Kier molecular flexibility index (Phi) is 3.97. The van der Waals surface area contributed by atoms with E-state index in [9.17, 15) is 0 Å². The third-order valence-corrected chi connectivity index (χ3v) is 4.64. The van der Waals surface area contributed by atoms with Gasteiger partial charge < -0.3 is 10.1 Å². The van der Waals surface area contributed by atoms with E-state index < -0.39 is 0 Å². The Bertz CT molecular complexity index is 450. The number of rotatable bonds is 3. The summed E-state index contributed by atoms with van der Waals surface area (Å²) in [5.41, 5.74) is 1.31. The SMILES string of the molecule is CCC1CCSC(=NCC2Cc3ccccc3O2)N1. The van der Waals surface area contributed by atoms with E-state index in [1.807, 2.05) is 23.9 Å². The molecule has 1 aromatic rings. The number of nitrogens with zero attached hydrogens (tertiary/aromatic N) is 1. The molecule has 1 aromatic carbocycles. The minimum Gasteiger partial charge on any atom is -0.488 e. The fourth-order valence-corrected chi connectivity index (χ4v) is 3.54. The minimum atomic E-state index is 0.203. The smallest absolute Gasteiger partial charge is 0.156 e. The van der Waals surface area contributed by atoms with E-state index in [0.717, 1.165) is 23.9 Å². The number of hydrogen-bond donors (Lipinski definition) is 1. The first kappa shape index (κ1) is 12.9. The molecule has 0 aromatic heterocycles. The predicted molar refractivity (Wildman–Crippen MR) is 81.2 cm³/mol. The van der Waals surface area contributed by atoms with Crippen molar-refractivity contribution in [2.45, 2.75) is 38.3 Å². The zero-order valence-electron chi connectivity index (χ0n) is 11.3. The summed E-state index contributed by atoms with van der Waals surface area (Å²) in [6.45, 7) is 2.97. The van der Waals surface area contributed by atoms with Crippen molar-refractivity contribution in [3.8, 4) is 5.75 Å². The van der Waals surface area contributed by atoms with Crippen LogP contribution in [0.1, 0.15) is 25.3 Å². The molecule has 3 nitrogen and oxygen atoms in total. The molecule has 1 N–H and O–H groups in total. The third kappa shape index (κ3) is 3.06. The lowest BCUT2D eigenvalue weighted by atomic mass is 10.1. The monoisotopic (exact) mass is 276 g/mol. The van der Waals surface area contributed by atoms with Crippen LogP contribution in [0.25, 0.3) is 0 Å². The zero-order chi connectivity index (χ0) is 13.1. The maximum Gasteiger partial charge on any atom is 0.156 e. The molecule has 0 radical (unpaired) electrons. The van der Waals surface area contributed by atoms with Gasteiger partial charge in [-0.15, -0.1) is 0 Å². The molecule has 0 spiro atoms. The topological polar surface area (TPSA) is 33.6 Å². The second kappa shape index (κ2) is 5.87. The molecule has 0 saturated carbocycles. The van der Waals surface area contributed by atoms with Crippen molar-refractivity contribution in [2.24, 2.45) is 4.99 Å². The second-order valence-electron chi connectivity index (χ2n) is 5.08. The molecular weight excluding hydrogens is 256 g/mol. The summed E-state index contributed by atoms with van der Waals surface area (Å²) in [7, 11) is 0. The van der Waals surface area contributed by atoms with Crippen molar-refractivity contribution in [3.05, 3.63) is 29.8 Å². The van der Waals surface area contributed by atoms with Crippen LogP contribution in [-0.4, -0.2) is 29.6 Å². The summed E-state index contributed by atoms with van der Waals surface area (Å²) in [4.78, 5) is 4.69. The van der Waals surface area contributed by atoms with Crippen LogP contribution in [0.2, 0.25) is 0 Å². The summed E-state index contributed by atoms with van der Waals surface area (Å²) in [6, 6.07) is 8.88. The normalized spacial score (nSPS) is 27.7. The summed E-state index contributed by atoms with van der Waals surface area (Å²) in [5, 5.41) is 4.60. The van der Waals surface area contributed by atoms with Gasteiger partial charge in [0, 0.05) is 18.2 Å². The Balaban J connectivity index is 1.56. The Hall–Kier alpha value is -1.16. The van der Waals surface area contributed by atoms with Crippen molar-refractivity contribution >= 4 is 16.9 Å². The highest BCUT2D eigenvalue weighted by atomic mass is 32.2. The van der Waals surface area contributed by atoms with Crippen molar-refractivity contribution in [1.82, 2.24) is 5.32 Å². The van der Waals surface area contributed by atoms with Crippen LogP contribution in [0.5, 0.6) is 5.75 Å². The number of aliphatic imine (C=N–C) groups is 1. The lowest BCUT2D eigenvalue weighted by molar-refractivity contribution is 0.242. The molecule has 3 rings (SSSR count). The molecule has 2 atom stereocenters. The Labute approximate surface area is 118 Å². The van der Waals surface area contributed by atoms with Gasteiger partial charge in [0.05, 0.1) is 6.54 Å². The average Bonchev–Trinajstić information content (AvgIpc) is 2.88. The van der Waals surface area contributed by atoms with Gasteiger partial charge in [-0.25, -0.2) is 0 Å². The molecule has 2 heterocycles. The van der Waals surface area contributed by atoms with Crippen molar-refractivity contribution in [1.29, 1.82) is 0 Å². The Morgan fingerprint density at radius 3 is 3.16 bits per heavy atom. The van der Waals surface area contributed by atoms with Crippen LogP contribution in [0.4, 0.5) is 0 Å². The molecule has 0 aliphatic carbocycles. The van der Waals surface area contributed by atoms with Crippen LogP contribution in [0.3, 0.4) is 0 Å². The molecule has 19 heavy (non-hydrogen) atoms. The largest absolute Gasteiger partial charge is 0.488 e. The minimum absolute atomic E-state index is 0.203. The maximum atomic E-state index is 5.91. The van der Waals surface area contributed by atoms with Gasteiger partial charge in [0.2, 0.25) is 0 Å². The van der Waals surface area contributed by atoms with E-state index in [1.54, 1.807) is 0 Å². The lowest BCUT2D eigenvalue weighted by Gasteiger charge is -2.24. The molecule has 2 aliphatic rings. The van der Waals surface area contributed by atoms with E-state index in [0.29, 0.717) is 6.04 Å². The van der Waals surface area contributed by atoms with Gasteiger partial charge in [0.15, 0.2) is 5.17 Å². The van der Waals surface area contributed by atoms with Crippen LogP contribution >= 0.6 is 11.8 Å².